The van der Waals surface area contributed by atoms with Crippen LogP contribution in [0, 0.1) is 13.8 Å². The number of aromatic amines is 1. The highest BCUT2D eigenvalue weighted by Crippen LogP contribution is 2.31. The molecule has 0 unspecified atom stereocenters. The molecule has 31 heavy (non-hydrogen) atoms. The van der Waals surface area contributed by atoms with Crippen LogP contribution < -0.4 is 4.74 Å². The SMILES string of the molecule is COc1c(C)cnc(CN2CCN([C@@H](C(=O)O)c3c[nH]c4cc(Cl)ccc34)CC2)c1C. The topological polar surface area (TPSA) is 81.7 Å². The average Bonchev–Trinajstić information content (AvgIpc) is 3.14. The number of pyridine rings is 1. The molecule has 2 N–H and O–H groups in total. The molecule has 4 rings (SSSR count). The number of aliphatic carboxylic acids is 1. The summed E-state index contributed by atoms with van der Waals surface area (Å²) in [6.45, 7) is 7.63. The lowest BCUT2D eigenvalue weighted by molar-refractivity contribution is -0.144. The fourth-order valence-corrected chi connectivity index (χ4v) is 4.63. The summed E-state index contributed by atoms with van der Waals surface area (Å²) in [4.78, 5) is 24.3. The van der Waals surface area contributed by atoms with Gasteiger partial charge in [0.1, 0.15) is 11.8 Å². The van der Waals surface area contributed by atoms with Crippen LogP contribution in [0.15, 0.2) is 30.6 Å². The number of carboxylic acids is 1. The Bertz CT molecular complexity index is 1110. The standard InChI is InChI=1S/C23H27ClN4O3/c1-14-11-25-20(15(2)22(14)31-3)13-27-6-8-28(9-7-27)21(23(29)30)18-12-26-19-10-16(24)4-5-17(18)19/h4-5,10-12,21,26H,6-9,13H2,1-3H3,(H,29,30)/t21-/m1/s1. The van der Waals surface area contributed by atoms with E-state index in [-0.39, 0.29) is 0 Å². The minimum absolute atomic E-state index is 0.623. The molecule has 2 aromatic heterocycles. The fourth-order valence-electron chi connectivity index (χ4n) is 4.45. The molecular formula is C23H27ClN4O3. The minimum atomic E-state index is -0.843. The van der Waals surface area contributed by atoms with Crippen molar-refractivity contribution in [3.63, 3.8) is 0 Å². The zero-order valence-electron chi connectivity index (χ0n) is 18.0. The van der Waals surface area contributed by atoms with Gasteiger partial charge in [0.15, 0.2) is 0 Å². The molecule has 0 aliphatic carbocycles. The van der Waals surface area contributed by atoms with Crippen molar-refractivity contribution in [1.82, 2.24) is 19.8 Å². The Labute approximate surface area is 186 Å². The summed E-state index contributed by atoms with van der Waals surface area (Å²) in [7, 11) is 1.68. The second kappa shape index (κ2) is 8.86. The Kier molecular flexibility index (Phi) is 6.18. The number of benzene rings is 1. The van der Waals surface area contributed by atoms with Gasteiger partial charge < -0.3 is 14.8 Å². The maximum absolute atomic E-state index is 12.2. The highest BCUT2D eigenvalue weighted by atomic mass is 35.5. The molecule has 0 saturated carbocycles. The summed E-state index contributed by atoms with van der Waals surface area (Å²) < 4.78 is 5.52. The van der Waals surface area contributed by atoms with Crippen molar-refractivity contribution in [3.05, 3.63) is 58.0 Å². The van der Waals surface area contributed by atoms with Crippen molar-refractivity contribution in [2.24, 2.45) is 0 Å². The van der Waals surface area contributed by atoms with Crippen molar-refractivity contribution in [3.8, 4) is 5.75 Å². The number of fused-ring (bicyclic) bond motifs is 1. The van der Waals surface area contributed by atoms with Gasteiger partial charge in [-0.15, -0.1) is 0 Å². The molecule has 1 fully saturated rings. The first kappa shape index (κ1) is 21.6. The third-order valence-electron chi connectivity index (χ3n) is 6.10. The number of hydrogen-bond acceptors (Lipinski definition) is 5. The summed E-state index contributed by atoms with van der Waals surface area (Å²) in [6.07, 6.45) is 3.64. The number of rotatable bonds is 6. The smallest absolute Gasteiger partial charge is 0.325 e. The molecule has 1 aromatic carbocycles. The average molecular weight is 443 g/mol. The Morgan fingerprint density at radius 1 is 1.29 bits per heavy atom. The second-order valence-corrected chi connectivity index (χ2v) is 8.47. The maximum atomic E-state index is 12.2. The van der Waals surface area contributed by atoms with E-state index in [1.54, 1.807) is 19.4 Å². The van der Waals surface area contributed by atoms with Crippen molar-refractivity contribution >= 4 is 28.5 Å². The molecule has 3 heterocycles. The molecular weight excluding hydrogens is 416 g/mol. The van der Waals surface area contributed by atoms with Crippen LogP contribution in [-0.4, -0.2) is 64.1 Å². The molecule has 7 nitrogen and oxygen atoms in total. The molecule has 3 aromatic rings. The lowest BCUT2D eigenvalue weighted by Crippen LogP contribution is -2.49. The Balaban J connectivity index is 1.48. The van der Waals surface area contributed by atoms with Crippen LogP contribution in [0.2, 0.25) is 5.02 Å². The van der Waals surface area contributed by atoms with E-state index in [4.69, 9.17) is 16.3 Å². The predicted molar refractivity (Wildman–Crippen MR) is 121 cm³/mol. The zero-order valence-corrected chi connectivity index (χ0v) is 18.7. The van der Waals surface area contributed by atoms with Crippen LogP contribution in [0.5, 0.6) is 5.75 Å². The Morgan fingerprint density at radius 2 is 2.03 bits per heavy atom. The number of aromatic nitrogens is 2. The van der Waals surface area contributed by atoms with Gasteiger partial charge in [-0.3, -0.25) is 19.6 Å². The largest absolute Gasteiger partial charge is 0.496 e. The zero-order chi connectivity index (χ0) is 22.1. The van der Waals surface area contributed by atoms with Gasteiger partial charge >= 0.3 is 5.97 Å². The molecule has 0 spiro atoms. The summed E-state index contributed by atoms with van der Waals surface area (Å²) in [5.74, 6) is 0.0408. The molecule has 1 saturated heterocycles. The first-order valence-corrected chi connectivity index (χ1v) is 10.7. The van der Waals surface area contributed by atoms with Crippen molar-refractivity contribution in [2.75, 3.05) is 33.3 Å². The lowest BCUT2D eigenvalue weighted by Gasteiger charge is -2.37. The van der Waals surface area contributed by atoms with Crippen LogP contribution in [0.4, 0.5) is 0 Å². The minimum Gasteiger partial charge on any atom is -0.496 e. The molecule has 1 atom stereocenters. The number of carbonyl (C=O) groups is 1. The van der Waals surface area contributed by atoms with E-state index in [0.717, 1.165) is 58.7 Å². The number of carboxylic acid groups (broad SMARTS) is 1. The monoisotopic (exact) mass is 442 g/mol. The highest BCUT2D eigenvalue weighted by Gasteiger charge is 2.32. The van der Waals surface area contributed by atoms with Crippen LogP contribution in [0.25, 0.3) is 10.9 Å². The molecule has 0 bridgehead atoms. The first-order chi connectivity index (χ1) is 14.9. The third-order valence-corrected chi connectivity index (χ3v) is 6.33. The van der Waals surface area contributed by atoms with E-state index in [1.165, 1.54) is 0 Å². The van der Waals surface area contributed by atoms with E-state index in [0.29, 0.717) is 18.1 Å². The number of aryl methyl sites for hydroxylation is 1. The van der Waals surface area contributed by atoms with Gasteiger partial charge in [0, 0.05) is 77.7 Å². The second-order valence-electron chi connectivity index (χ2n) is 8.03. The predicted octanol–water partition coefficient (Wildman–Crippen LogP) is 3.79. The van der Waals surface area contributed by atoms with E-state index in [9.17, 15) is 9.90 Å². The quantitative estimate of drug-likeness (QED) is 0.604. The number of hydrogen-bond donors (Lipinski definition) is 2. The number of H-pyrrole nitrogens is 1. The molecule has 8 heteroatoms. The van der Waals surface area contributed by atoms with Crippen molar-refractivity contribution in [2.45, 2.75) is 26.4 Å². The van der Waals surface area contributed by atoms with Gasteiger partial charge in [0.05, 0.1) is 12.8 Å². The summed E-state index contributed by atoms with van der Waals surface area (Å²) in [5, 5.41) is 11.5. The van der Waals surface area contributed by atoms with Gasteiger partial charge in [-0.1, -0.05) is 17.7 Å². The molecule has 0 amide bonds. The van der Waals surface area contributed by atoms with Crippen LogP contribution >= 0.6 is 11.6 Å². The number of nitrogens with one attached hydrogen (secondary N) is 1. The van der Waals surface area contributed by atoms with E-state index < -0.39 is 12.0 Å². The number of ether oxygens (including phenoxy) is 1. The normalized spacial score (nSPS) is 16.5. The summed E-state index contributed by atoms with van der Waals surface area (Å²) in [5.41, 5.74) is 4.71. The van der Waals surface area contributed by atoms with Gasteiger partial charge in [0.2, 0.25) is 0 Å². The van der Waals surface area contributed by atoms with Gasteiger partial charge in [-0.25, -0.2) is 0 Å². The molecule has 0 radical (unpaired) electrons. The third kappa shape index (κ3) is 4.26. The van der Waals surface area contributed by atoms with Crippen molar-refractivity contribution in [1.29, 1.82) is 0 Å². The van der Waals surface area contributed by atoms with Crippen LogP contribution in [0.3, 0.4) is 0 Å². The van der Waals surface area contributed by atoms with Crippen LogP contribution in [-0.2, 0) is 11.3 Å². The van der Waals surface area contributed by atoms with Gasteiger partial charge in [-0.05, 0) is 26.0 Å². The van der Waals surface area contributed by atoms with Gasteiger partial charge in [-0.2, -0.15) is 0 Å². The Morgan fingerprint density at radius 3 is 2.71 bits per heavy atom. The van der Waals surface area contributed by atoms with Crippen LogP contribution in [0.1, 0.15) is 28.4 Å². The summed E-state index contributed by atoms with van der Waals surface area (Å²) in [6, 6.07) is 4.80. The van der Waals surface area contributed by atoms with E-state index in [2.05, 4.69) is 14.9 Å². The lowest BCUT2D eigenvalue weighted by atomic mass is 10.0. The number of piperazine rings is 1. The van der Waals surface area contributed by atoms with E-state index in [1.807, 2.05) is 37.1 Å². The Hall–Kier alpha value is -2.61. The number of methoxy groups -OCH3 is 1. The van der Waals surface area contributed by atoms with Gasteiger partial charge in [0.25, 0.3) is 0 Å². The maximum Gasteiger partial charge on any atom is 0.325 e. The van der Waals surface area contributed by atoms with Crippen molar-refractivity contribution < 1.29 is 14.6 Å². The summed E-state index contributed by atoms with van der Waals surface area (Å²) >= 11 is 6.07. The molecule has 164 valence electrons. The first-order valence-electron chi connectivity index (χ1n) is 10.3. The molecule has 1 aliphatic rings. The fraction of sp³-hybridized carbons (Fsp3) is 0.391. The van der Waals surface area contributed by atoms with E-state index >= 15 is 0 Å². The highest BCUT2D eigenvalue weighted by molar-refractivity contribution is 6.31. The number of nitrogens with zero attached hydrogens (tertiary/aromatic N) is 3. The molecule has 1 aliphatic heterocycles. The number of halogens is 1.